The highest BCUT2D eigenvalue weighted by molar-refractivity contribution is 5.87. The molecule has 0 aliphatic carbocycles. The van der Waals surface area contributed by atoms with E-state index < -0.39 is 5.97 Å². The van der Waals surface area contributed by atoms with Crippen molar-refractivity contribution in [2.45, 2.75) is 32.8 Å². The van der Waals surface area contributed by atoms with Gasteiger partial charge in [-0.25, -0.2) is 9.78 Å². The van der Waals surface area contributed by atoms with E-state index in [0.717, 1.165) is 5.69 Å². The lowest BCUT2D eigenvalue weighted by atomic mass is 9.92. The van der Waals surface area contributed by atoms with Crippen molar-refractivity contribution in [2.75, 3.05) is 0 Å². The molecule has 0 saturated heterocycles. The highest BCUT2D eigenvalue weighted by atomic mass is 16.5. The monoisotopic (exact) mass is 262 g/mol. The zero-order chi connectivity index (χ0) is 14.0. The molecule has 1 N–H and O–H groups in total. The number of aromatic nitrogens is 4. The second-order valence-electron chi connectivity index (χ2n) is 5.45. The molecule has 0 aliphatic heterocycles. The number of rotatable bonds is 3. The molecule has 6 nitrogen and oxygen atoms in total. The summed E-state index contributed by atoms with van der Waals surface area (Å²) in [6, 6.07) is 1.72. The van der Waals surface area contributed by atoms with E-state index in [-0.39, 0.29) is 12.0 Å². The molecule has 2 aromatic rings. The van der Waals surface area contributed by atoms with E-state index in [4.69, 9.17) is 4.74 Å². The van der Waals surface area contributed by atoms with E-state index in [9.17, 15) is 4.79 Å². The fourth-order valence-corrected chi connectivity index (χ4v) is 1.55. The molecule has 0 fully saturated rings. The summed E-state index contributed by atoms with van der Waals surface area (Å²) in [5.41, 5.74) is 1.11. The molecule has 0 unspecified atom stereocenters. The average Bonchev–Trinajstić information content (AvgIpc) is 2.93. The van der Waals surface area contributed by atoms with Gasteiger partial charge in [-0.05, 0) is 6.07 Å². The predicted octanol–water partition coefficient (Wildman–Crippen LogP) is 1.80. The fourth-order valence-electron chi connectivity index (χ4n) is 1.55. The van der Waals surface area contributed by atoms with Crippen LogP contribution in [0.1, 0.15) is 42.8 Å². The Hall–Kier alpha value is -2.11. The number of ether oxygens (including phenoxy) is 1. The second kappa shape index (κ2) is 4.87. The van der Waals surface area contributed by atoms with Gasteiger partial charge in [0.05, 0.1) is 0 Å². The largest absolute Gasteiger partial charge is 0.453 e. The van der Waals surface area contributed by atoms with Gasteiger partial charge in [0, 0.05) is 30.6 Å². The number of aryl methyl sites for hydroxylation is 1. The third-order valence-electron chi connectivity index (χ3n) is 2.85. The third-order valence-corrected chi connectivity index (χ3v) is 2.85. The number of carbonyl (C=O) groups is 1. The highest BCUT2D eigenvalue weighted by Crippen LogP contribution is 2.20. The fraction of sp³-hybridized carbons (Fsp3) is 0.462. The molecule has 0 spiro atoms. The summed E-state index contributed by atoms with van der Waals surface area (Å²) < 4.78 is 6.98. The first-order valence-corrected chi connectivity index (χ1v) is 6.07. The van der Waals surface area contributed by atoms with Crippen LogP contribution in [0.4, 0.5) is 0 Å². The van der Waals surface area contributed by atoms with Crippen LogP contribution in [0.2, 0.25) is 0 Å². The summed E-state index contributed by atoms with van der Waals surface area (Å²) >= 11 is 0. The SMILES string of the molecule is Cn1ccnc1COC(=O)c1cc(C(C)(C)C)[nH]n1. The molecule has 2 rings (SSSR count). The summed E-state index contributed by atoms with van der Waals surface area (Å²) in [5.74, 6) is 0.245. The van der Waals surface area contributed by atoms with Gasteiger partial charge in [0.1, 0.15) is 12.4 Å². The zero-order valence-electron chi connectivity index (χ0n) is 11.6. The maximum atomic E-state index is 11.8. The van der Waals surface area contributed by atoms with Gasteiger partial charge in [0.25, 0.3) is 0 Å². The summed E-state index contributed by atoms with van der Waals surface area (Å²) in [7, 11) is 1.85. The quantitative estimate of drug-likeness (QED) is 0.856. The maximum Gasteiger partial charge on any atom is 0.359 e. The lowest BCUT2D eigenvalue weighted by molar-refractivity contribution is 0.0452. The molecule has 0 amide bonds. The number of aromatic amines is 1. The van der Waals surface area contributed by atoms with Gasteiger partial charge in [-0.2, -0.15) is 5.10 Å². The van der Waals surface area contributed by atoms with Crippen LogP contribution in [0.5, 0.6) is 0 Å². The normalized spacial score (nSPS) is 11.6. The maximum absolute atomic E-state index is 11.8. The standard InChI is InChI=1S/C13H18N4O2/c1-13(2,3)10-7-9(15-16-10)12(18)19-8-11-14-5-6-17(11)4/h5-7H,8H2,1-4H3,(H,15,16). The van der Waals surface area contributed by atoms with Gasteiger partial charge >= 0.3 is 5.97 Å². The van der Waals surface area contributed by atoms with Crippen LogP contribution < -0.4 is 0 Å². The topological polar surface area (TPSA) is 72.8 Å². The number of hydrogen-bond donors (Lipinski definition) is 1. The molecule has 2 aromatic heterocycles. The number of hydrogen-bond acceptors (Lipinski definition) is 4. The first kappa shape index (κ1) is 13.3. The smallest absolute Gasteiger partial charge is 0.359 e. The Kier molecular flexibility index (Phi) is 3.42. The highest BCUT2D eigenvalue weighted by Gasteiger charge is 2.20. The number of nitrogens with one attached hydrogen (secondary N) is 1. The van der Waals surface area contributed by atoms with E-state index >= 15 is 0 Å². The van der Waals surface area contributed by atoms with Crippen LogP contribution in [0.25, 0.3) is 0 Å². The van der Waals surface area contributed by atoms with Crippen LogP contribution in [-0.2, 0) is 23.8 Å². The lowest BCUT2D eigenvalue weighted by Crippen LogP contribution is -2.11. The van der Waals surface area contributed by atoms with Crippen LogP contribution in [-0.4, -0.2) is 25.7 Å². The Bertz CT molecular complexity index is 577. The summed E-state index contributed by atoms with van der Waals surface area (Å²) in [6.45, 7) is 6.27. The molecule has 6 heteroatoms. The van der Waals surface area contributed by atoms with E-state index in [1.807, 2.05) is 27.8 Å². The summed E-state index contributed by atoms with van der Waals surface area (Å²) in [4.78, 5) is 15.9. The number of nitrogens with zero attached hydrogens (tertiary/aromatic N) is 3. The minimum atomic E-state index is -0.449. The Morgan fingerprint density at radius 1 is 1.47 bits per heavy atom. The van der Waals surface area contributed by atoms with Crippen molar-refractivity contribution in [3.8, 4) is 0 Å². The average molecular weight is 262 g/mol. The molecule has 0 aliphatic rings. The van der Waals surface area contributed by atoms with Gasteiger partial charge in [0.2, 0.25) is 0 Å². The Balaban J connectivity index is 2.01. The third kappa shape index (κ3) is 3.01. The van der Waals surface area contributed by atoms with Crippen LogP contribution in [0.15, 0.2) is 18.5 Å². The van der Waals surface area contributed by atoms with Gasteiger partial charge in [-0.3, -0.25) is 5.10 Å². The molecule has 0 bridgehead atoms. The van der Waals surface area contributed by atoms with Gasteiger partial charge in [-0.15, -0.1) is 0 Å². The van der Waals surface area contributed by atoms with Crippen LogP contribution in [0.3, 0.4) is 0 Å². The molecular formula is C13H18N4O2. The van der Waals surface area contributed by atoms with Crippen LogP contribution in [0, 0.1) is 0 Å². The Labute approximate surface area is 111 Å². The first-order valence-electron chi connectivity index (χ1n) is 6.07. The molecule has 19 heavy (non-hydrogen) atoms. The molecule has 0 radical (unpaired) electrons. The van der Waals surface area contributed by atoms with Crippen molar-refractivity contribution >= 4 is 5.97 Å². The lowest BCUT2D eigenvalue weighted by Gasteiger charge is -2.14. The Morgan fingerprint density at radius 3 is 2.74 bits per heavy atom. The number of esters is 1. The minimum absolute atomic E-state index is 0.0782. The Morgan fingerprint density at radius 2 is 2.21 bits per heavy atom. The van der Waals surface area contributed by atoms with E-state index in [1.165, 1.54) is 0 Å². The number of H-pyrrole nitrogens is 1. The van der Waals surface area contributed by atoms with Crippen molar-refractivity contribution < 1.29 is 9.53 Å². The molecule has 102 valence electrons. The minimum Gasteiger partial charge on any atom is -0.453 e. The summed E-state index contributed by atoms with van der Waals surface area (Å²) in [5, 5.41) is 6.84. The number of carbonyl (C=O) groups excluding carboxylic acids is 1. The second-order valence-corrected chi connectivity index (χ2v) is 5.45. The van der Waals surface area contributed by atoms with Crippen molar-refractivity contribution in [3.63, 3.8) is 0 Å². The first-order chi connectivity index (χ1) is 8.88. The van der Waals surface area contributed by atoms with Gasteiger partial charge < -0.3 is 9.30 Å². The molecule has 0 atom stereocenters. The predicted molar refractivity (Wildman–Crippen MR) is 69.6 cm³/mol. The molecule has 0 aromatic carbocycles. The van der Waals surface area contributed by atoms with Crippen molar-refractivity contribution in [1.82, 2.24) is 19.7 Å². The van der Waals surface area contributed by atoms with Gasteiger partial charge in [-0.1, -0.05) is 20.8 Å². The van der Waals surface area contributed by atoms with Crippen molar-refractivity contribution in [1.29, 1.82) is 0 Å². The van der Waals surface area contributed by atoms with Gasteiger partial charge in [0.15, 0.2) is 5.69 Å². The van der Waals surface area contributed by atoms with E-state index in [0.29, 0.717) is 11.5 Å². The summed E-state index contributed by atoms with van der Waals surface area (Å²) in [6.07, 6.45) is 3.46. The zero-order valence-corrected chi connectivity index (χ0v) is 11.6. The number of imidazole rings is 1. The van der Waals surface area contributed by atoms with Crippen molar-refractivity contribution in [3.05, 3.63) is 35.7 Å². The van der Waals surface area contributed by atoms with E-state index in [1.54, 1.807) is 23.0 Å². The molecule has 0 saturated carbocycles. The molecular weight excluding hydrogens is 244 g/mol. The van der Waals surface area contributed by atoms with E-state index in [2.05, 4.69) is 15.2 Å². The van der Waals surface area contributed by atoms with Crippen molar-refractivity contribution in [2.24, 2.45) is 7.05 Å². The molecule has 2 heterocycles. The van der Waals surface area contributed by atoms with Crippen LogP contribution >= 0.6 is 0 Å².